The van der Waals surface area contributed by atoms with Gasteiger partial charge in [-0.05, 0) is 18.2 Å². The Morgan fingerprint density at radius 1 is 1.50 bits per heavy atom. The lowest BCUT2D eigenvalue weighted by molar-refractivity contribution is 0.610. The van der Waals surface area contributed by atoms with E-state index in [0.29, 0.717) is 0 Å². The zero-order valence-corrected chi connectivity index (χ0v) is 7.88. The van der Waals surface area contributed by atoms with E-state index in [4.69, 9.17) is 0 Å². The lowest BCUT2D eigenvalue weighted by Crippen LogP contribution is -1.91. The molecule has 1 aromatic rings. The van der Waals surface area contributed by atoms with E-state index in [1.54, 1.807) is 6.08 Å². The summed E-state index contributed by atoms with van der Waals surface area (Å²) in [6.07, 6.45) is 4.61. The van der Waals surface area contributed by atoms with Gasteiger partial charge in [0.25, 0.3) is 0 Å². The van der Waals surface area contributed by atoms with Crippen LogP contribution in [0.25, 0.3) is 6.08 Å². The first-order valence-electron chi connectivity index (χ1n) is 3.48. The largest absolute Gasteiger partial charge is 0.351 e. The zero-order valence-electron chi connectivity index (χ0n) is 7.06. The Bertz CT molecular complexity index is 387. The van der Waals surface area contributed by atoms with Gasteiger partial charge >= 0.3 is 0 Å². The normalized spacial score (nSPS) is 12.5. The highest BCUT2D eigenvalue weighted by Crippen LogP contribution is 2.02. The molecule has 0 aliphatic rings. The molecule has 0 spiro atoms. The summed E-state index contributed by atoms with van der Waals surface area (Å²) in [4.78, 5) is 0. The molecule has 12 heavy (non-hydrogen) atoms. The fraction of sp³-hybridized carbons (Fsp3) is 0.250. The minimum Gasteiger partial charge on any atom is -0.351 e. The molecule has 0 saturated heterocycles. The van der Waals surface area contributed by atoms with Gasteiger partial charge in [-0.25, -0.2) is 8.42 Å². The number of aromatic nitrogens is 1. The molecular weight excluding hydrogens is 174 g/mol. The quantitative estimate of drug-likeness (QED) is 0.690. The van der Waals surface area contributed by atoms with Crippen molar-refractivity contribution in [3.05, 3.63) is 29.4 Å². The monoisotopic (exact) mass is 185 g/mol. The molecule has 0 aromatic carbocycles. The number of rotatable bonds is 2. The van der Waals surface area contributed by atoms with Crippen LogP contribution in [-0.4, -0.2) is 19.2 Å². The smallest absolute Gasteiger partial charge is 0.168 e. The van der Waals surface area contributed by atoms with Crippen LogP contribution in [0.4, 0.5) is 0 Å². The zero-order chi connectivity index (χ0) is 9.19. The minimum absolute atomic E-state index is 0.875. The molecule has 0 saturated carbocycles. The predicted octanol–water partition coefficient (Wildman–Crippen LogP) is 1.04. The second-order valence-electron chi connectivity index (χ2n) is 2.68. The van der Waals surface area contributed by atoms with Crippen LogP contribution in [-0.2, 0) is 16.9 Å². The molecule has 0 N–H and O–H groups in total. The first kappa shape index (κ1) is 9.06. The molecule has 0 bridgehead atoms. The summed E-state index contributed by atoms with van der Waals surface area (Å²) in [5.41, 5.74) is 0.875. The fourth-order valence-corrected chi connectivity index (χ4v) is 1.23. The van der Waals surface area contributed by atoms with Crippen LogP contribution in [0.2, 0.25) is 0 Å². The Morgan fingerprint density at radius 3 is 2.58 bits per heavy atom. The maximum atomic E-state index is 10.7. The highest BCUT2D eigenvalue weighted by Gasteiger charge is 1.95. The molecule has 0 fully saturated rings. The SMILES string of the molecule is Cn1cccc1/C=C/S(C)(=O)=O. The standard InChI is InChI=1S/C8H11NO2S/c1-9-6-3-4-8(9)5-7-12(2,10)11/h3-7H,1-2H3/b7-5+. The third-order valence-corrected chi connectivity index (χ3v) is 2.10. The minimum atomic E-state index is -3.01. The van der Waals surface area contributed by atoms with Crippen molar-refractivity contribution in [2.45, 2.75) is 0 Å². The van der Waals surface area contributed by atoms with E-state index in [9.17, 15) is 8.42 Å². The molecule has 0 radical (unpaired) electrons. The van der Waals surface area contributed by atoms with E-state index in [0.717, 1.165) is 5.69 Å². The van der Waals surface area contributed by atoms with Crippen LogP contribution in [0.15, 0.2) is 23.7 Å². The molecule has 3 nitrogen and oxygen atoms in total. The van der Waals surface area contributed by atoms with E-state index in [-0.39, 0.29) is 0 Å². The van der Waals surface area contributed by atoms with E-state index < -0.39 is 9.84 Å². The van der Waals surface area contributed by atoms with Gasteiger partial charge in [-0.1, -0.05) is 0 Å². The number of aryl methyl sites for hydroxylation is 1. The summed E-state index contributed by atoms with van der Waals surface area (Å²) < 4.78 is 23.3. The molecular formula is C8H11NO2S. The first-order valence-corrected chi connectivity index (χ1v) is 5.44. The van der Waals surface area contributed by atoms with Crippen LogP contribution in [0, 0.1) is 0 Å². The van der Waals surface area contributed by atoms with Gasteiger partial charge in [-0.15, -0.1) is 0 Å². The number of hydrogen-bond donors (Lipinski definition) is 0. The van der Waals surface area contributed by atoms with E-state index in [1.807, 2.05) is 29.9 Å². The summed E-state index contributed by atoms with van der Waals surface area (Å²) in [5.74, 6) is 0. The summed E-state index contributed by atoms with van der Waals surface area (Å²) in [6, 6.07) is 3.71. The van der Waals surface area contributed by atoms with Crippen LogP contribution in [0.1, 0.15) is 5.69 Å². The second kappa shape index (κ2) is 3.15. The number of hydrogen-bond acceptors (Lipinski definition) is 2. The summed E-state index contributed by atoms with van der Waals surface area (Å²) in [6.45, 7) is 0. The topological polar surface area (TPSA) is 39.1 Å². The van der Waals surface area contributed by atoms with E-state index in [1.165, 1.54) is 11.7 Å². The molecule has 66 valence electrons. The molecule has 0 unspecified atom stereocenters. The third-order valence-electron chi connectivity index (χ3n) is 1.47. The van der Waals surface area contributed by atoms with Crippen molar-refractivity contribution in [3.63, 3.8) is 0 Å². The van der Waals surface area contributed by atoms with Gasteiger partial charge in [0, 0.05) is 30.6 Å². The first-order chi connectivity index (χ1) is 5.49. The molecule has 0 aliphatic heterocycles. The molecule has 1 heterocycles. The van der Waals surface area contributed by atoms with Gasteiger partial charge in [0.1, 0.15) is 0 Å². The van der Waals surface area contributed by atoms with E-state index in [2.05, 4.69) is 0 Å². The lowest BCUT2D eigenvalue weighted by atomic mass is 10.4. The molecule has 1 aromatic heterocycles. The molecule has 1 rings (SSSR count). The van der Waals surface area contributed by atoms with Gasteiger partial charge in [0.05, 0.1) is 0 Å². The fourth-order valence-electron chi connectivity index (χ4n) is 0.841. The van der Waals surface area contributed by atoms with Crippen LogP contribution in [0.3, 0.4) is 0 Å². The highest BCUT2D eigenvalue weighted by molar-refractivity contribution is 7.93. The van der Waals surface area contributed by atoms with Crippen molar-refractivity contribution in [1.82, 2.24) is 4.57 Å². The Morgan fingerprint density at radius 2 is 2.17 bits per heavy atom. The Kier molecular flexibility index (Phi) is 2.38. The molecule has 0 aliphatic carbocycles. The van der Waals surface area contributed by atoms with Crippen LogP contribution < -0.4 is 0 Å². The number of nitrogens with zero attached hydrogens (tertiary/aromatic N) is 1. The van der Waals surface area contributed by atoms with Gasteiger partial charge in [0.2, 0.25) is 0 Å². The number of sulfone groups is 1. The molecule has 0 amide bonds. The van der Waals surface area contributed by atoms with Crippen molar-refractivity contribution in [1.29, 1.82) is 0 Å². The molecule has 0 atom stereocenters. The van der Waals surface area contributed by atoms with Crippen LogP contribution in [0.5, 0.6) is 0 Å². The van der Waals surface area contributed by atoms with Crippen molar-refractivity contribution in [2.24, 2.45) is 7.05 Å². The third kappa shape index (κ3) is 2.54. The molecule has 4 heteroatoms. The Labute approximate surface area is 72.2 Å². The van der Waals surface area contributed by atoms with Crippen molar-refractivity contribution >= 4 is 15.9 Å². The lowest BCUT2D eigenvalue weighted by Gasteiger charge is -1.94. The van der Waals surface area contributed by atoms with Crippen molar-refractivity contribution < 1.29 is 8.42 Å². The maximum absolute atomic E-state index is 10.7. The average Bonchev–Trinajstić information content (AvgIpc) is 2.29. The second-order valence-corrected chi connectivity index (χ2v) is 4.61. The Hall–Kier alpha value is -1.03. The summed E-state index contributed by atoms with van der Waals surface area (Å²) >= 11 is 0. The Balaban J connectivity index is 2.91. The van der Waals surface area contributed by atoms with Gasteiger partial charge < -0.3 is 4.57 Å². The average molecular weight is 185 g/mol. The van der Waals surface area contributed by atoms with Crippen molar-refractivity contribution in [3.8, 4) is 0 Å². The van der Waals surface area contributed by atoms with Gasteiger partial charge in [-0.3, -0.25) is 0 Å². The predicted molar refractivity (Wildman–Crippen MR) is 49.3 cm³/mol. The van der Waals surface area contributed by atoms with Gasteiger partial charge in [-0.2, -0.15) is 0 Å². The van der Waals surface area contributed by atoms with Crippen LogP contribution >= 0.6 is 0 Å². The maximum Gasteiger partial charge on any atom is 0.168 e. The van der Waals surface area contributed by atoms with Crippen molar-refractivity contribution in [2.75, 3.05) is 6.26 Å². The van der Waals surface area contributed by atoms with E-state index >= 15 is 0 Å². The summed E-state index contributed by atoms with van der Waals surface area (Å²) in [5, 5.41) is 1.20. The summed E-state index contributed by atoms with van der Waals surface area (Å²) in [7, 11) is -1.15. The van der Waals surface area contributed by atoms with Gasteiger partial charge in [0.15, 0.2) is 9.84 Å². The highest BCUT2D eigenvalue weighted by atomic mass is 32.2.